The van der Waals surface area contributed by atoms with Crippen LogP contribution in [0.3, 0.4) is 0 Å². The molecule has 0 radical (unpaired) electrons. The van der Waals surface area contributed by atoms with Crippen molar-refractivity contribution in [2.75, 3.05) is 17.3 Å². The Balaban J connectivity index is 2.07. The number of nitrogen functional groups attached to an aromatic ring is 1. The molecule has 6 nitrogen and oxygen atoms in total. The fourth-order valence-corrected chi connectivity index (χ4v) is 1.79. The van der Waals surface area contributed by atoms with Crippen LogP contribution in [0.5, 0.6) is 0 Å². The minimum Gasteiger partial charge on any atom is -0.444 e. The molecule has 0 aromatic carbocycles. The molecule has 0 amide bonds. The second-order valence-electron chi connectivity index (χ2n) is 3.77. The molecule has 96 valence electrons. The van der Waals surface area contributed by atoms with E-state index >= 15 is 0 Å². The van der Waals surface area contributed by atoms with Gasteiger partial charge in [-0.3, -0.25) is 0 Å². The van der Waals surface area contributed by atoms with E-state index in [-0.39, 0.29) is 0 Å². The summed E-state index contributed by atoms with van der Waals surface area (Å²) >= 11 is 1.44. The molecule has 0 unspecified atom stereocenters. The van der Waals surface area contributed by atoms with E-state index in [1.165, 1.54) is 11.8 Å². The lowest BCUT2D eigenvalue weighted by atomic mass is 10.4. The van der Waals surface area contributed by atoms with E-state index in [4.69, 9.17) is 10.2 Å². The highest BCUT2D eigenvalue weighted by molar-refractivity contribution is 7.98. The zero-order chi connectivity index (χ0) is 13.1. The van der Waals surface area contributed by atoms with Gasteiger partial charge in [0.25, 0.3) is 0 Å². The van der Waals surface area contributed by atoms with Crippen molar-refractivity contribution < 1.29 is 4.42 Å². The number of hydrogen-bond donors (Lipinski definition) is 2. The normalized spacial score (nSPS) is 10.6. The predicted molar refractivity (Wildman–Crippen MR) is 71.5 cm³/mol. The van der Waals surface area contributed by atoms with Crippen LogP contribution in [0, 0.1) is 13.8 Å². The van der Waals surface area contributed by atoms with Gasteiger partial charge < -0.3 is 15.5 Å². The van der Waals surface area contributed by atoms with E-state index in [9.17, 15) is 0 Å². The van der Waals surface area contributed by atoms with Gasteiger partial charge in [-0.05, 0) is 20.1 Å². The number of anilines is 2. The number of hydrogen-bond acceptors (Lipinski definition) is 7. The molecule has 0 fully saturated rings. The molecule has 0 atom stereocenters. The molecule has 0 saturated carbocycles. The van der Waals surface area contributed by atoms with E-state index in [0.29, 0.717) is 29.2 Å². The first-order chi connectivity index (χ1) is 8.58. The Labute approximate surface area is 109 Å². The summed E-state index contributed by atoms with van der Waals surface area (Å²) in [7, 11) is 0. The maximum Gasteiger partial charge on any atom is 0.213 e. The van der Waals surface area contributed by atoms with Gasteiger partial charge in [0.15, 0.2) is 5.16 Å². The number of aromatic nitrogens is 3. The molecule has 2 heterocycles. The van der Waals surface area contributed by atoms with Crippen LogP contribution in [-0.2, 0) is 6.54 Å². The van der Waals surface area contributed by atoms with Crippen LogP contribution in [0.4, 0.5) is 11.6 Å². The second kappa shape index (κ2) is 5.26. The van der Waals surface area contributed by atoms with E-state index < -0.39 is 0 Å². The summed E-state index contributed by atoms with van der Waals surface area (Å²) in [6, 6.07) is 1.68. The molecule has 0 saturated heterocycles. The molecular weight excluding hydrogens is 250 g/mol. The van der Waals surface area contributed by atoms with Gasteiger partial charge in [-0.25, -0.2) is 15.0 Å². The molecule has 2 rings (SSSR count). The summed E-state index contributed by atoms with van der Waals surface area (Å²) in [5.74, 6) is 2.57. The standard InChI is InChI=1S/C11H15N5OS/c1-6-7(2)17-10(14-6)5-13-9-4-8(12)15-11(16-9)18-3/h4H,5H2,1-3H3,(H3,12,13,15,16). The van der Waals surface area contributed by atoms with Crippen LogP contribution < -0.4 is 11.1 Å². The Morgan fingerprint density at radius 3 is 2.72 bits per heavy atom. The van der Waals surface area contributed by atoms with E-state index in [0.717, 1.165) is 11.5 Å². The highest BCUT2D eigenvalue weighted by Gasteiger charge is 2.06. The number of nitrogens with one attached hydrogen (secondary N) is 1. The topological polar surface area (TPSA) is 89.9 Å². The Kier molecular flexibility index (Phi) is 3.71. The summed E-state index contributed by atoms with van der Waals surface area (Å²) < 4.78 is 5.47. The molecule has 0 spiro atoms. The number of aryl methyl sites for hydroxylation is 2. The predicted octanol–water partition coefficient (Wildman–Crippen LogP) is 2.00. The van der Waals surface area contributed by atoms with Gasteiger partial charge in [0, 0.05) is 6.07 Å². The largest absolute Gasteiger partial charge is 0.444 e. The van der Waals surface area contributed by atoms with E-state index in [2.05, 4.69) is 20.3 Å². The Hall–Kier alpha value is -1.76. The Morgan fingerprint density at radius 1 is 1.33 bits per heavy atom. The quantitative estimate of drug-likeness (QED) is 0.645. The summed E-state index contributed by atoms with van der Waals surface area (Å²) in [4.78, 5) is 12.6. The maximum atomic E-state index is 5.69. The third kappa shape index (κ3) is 2.92. The number of thioether (sulfide) groups is 1. The summed E-state index contributed by atoms with van der Waals surface area (Å²) in [5, 5.41) is 3.75. The molecule has 0 bridgehead atoms. The molecule has 0 aliphatic heterocycles. The maximum absolute atomic E-state index is 5.69. The molecule has 3 N–H and O–H groups in total. The first-order valence-corrected chi connectivity index (χ1v) is 6.66. The van der Waals surface area contributed by atoms with Gasteiger partial charge in [0.05, 0.1) is 12.2 Å². The fraction of sp³-hybridized carbons (Fsp3) is 0.364. The number of oxazole rings is 1. The summed E-state index contributed by atoms with van der Waals surface area (Å²) in [5.41, 5.74) is 6.59. The van der Waals surface area contributed by atoms with Crippen LogP contribution >= 0.6 is 11.8 Å². The average Bonchev–Trinajstić information content (AvgIpc) is 2.65. The summed E-state index contributed by atoms with van der Waals surface area (Å²) in [6.45, 7) is 4.27. The van der Waals surface area contributed by atoms with Crippen molar-refractivity contribution in [3.05, 3.63) is 23.4 Å². The SMILES string of the molecule is CSc1nc(N)cc(NCc2nc(C)c(C)o2)n1. The highest BCUT2D eigenvalue weighted by Crippen LogP contribution is 2.16. The van der Waals surface area contributed by atoms with Gasteiger partial charge in [0.2, 0.25) is 5.89 Å². The molecule has 2 aromatic heterocycles. The van der Waals surface area contributed by atoms with E-state index in [1.807, 2.05) is 20.1 Å². The first-order valence-electron chi connectivity index (χ1n) is 5.44. The molecular formula is C11H15N5OS. The van der Waals surface area contributed by atoms with Gasteiger partial charge >= 0.3 is 0 Å². The van der Waals surface area contributed by atoms with Crippen LogP contribution in [0.25, 0.3) is 0 Å². The van der Waals surface area contributed by atoms with Crippen molar-refractivity contribution >= 4 is 23.4 Å². The van der Waals surface area contributed by atoms with Gasteiger partial charge in [-0.2, -0.15) is 0 Å². The van der Waals surface area contributed by atoms with Crippen molar-refractivity contribution in [2.45, 2.75) is 25.5 Å². The summed E-state index contributed by atoms with van der Waals surface area (Å²) in [6.07, 6.45) is 1.90. The number of nitrogens with two attached hydrogens (primary N) is 1. The zero-order valence-electron chi connectivity index (χ0n) is 10.5. The third-order valence-electron chi connectivity index (χ3n) is 2.40. The van der Waals surface area contributed by atoms with Crippen molar-refractivity contribution in [1.29, 1.82) is 0 Å². The first kappa shape index (κ1) is 12.7. The van der Waals surface area contributed by atoms with Crippen LogP contribution in [0.2, 0.25) is 0 Å². The van der Waals surface area contributed by atoms with Crippen molar-refractivity contribution in [3.63, 3.8) is 0 Å². The second-order valence-corrected chi connectivity index (χ2v) is 4.54. The minimum absolute atomic E-state index is 0.441. The van der Waals surface area contributed by atoms with Gasteiger partial charge in [-0.1, -0.05) is 11.8 Å². The molecule has 18 heavy (non-hydrogen) atoms. The Morgan fingerprint density at radius 2 is 2.11 bits per heavy atom. The van der Waals surface area contributed by atoms with Crippen molar-refractivity contribution in [3.8, 4) is 0 Å². The molecule has 2 aromatic rings. The number of nitrogens with zero attached hydrogens (tertiary/aromatic N) is 3. The smallest absolute Gasteiger partial charge is 0.213 e. The van der Waals surface area contributed by atoms with Crippen LogP contribution in [-0.4, -0.2) is 21.2 Å². The van der Waals surface area contributed by atoms with Crippen molar-refractivity contribution in [2.24, 2.45) is 0 Å². The zero-order valence-corrected chi connectivity index (χ0v) is 11.3. The Bertz CT molecular complexity index is 535. The highest BCUT2D eigenvalue weighted by atomic mass is 32.2. The lowest BCUT2D eigenvalue weighted by Crippen LogP contribution is -2.04. The monoisotopic (exact) mass is 265 g/mol. The minimum atomic E-state index is 0.441. The van der Waals surface area contributed by atoms with Gasteiger partial charge in [-0.15, -0.1) is 0 Å². The van der Waals surface area contributed by atoms with E-state index in [1.54, 1.807) is 6.07 Å². The fourth-order valence-electron chi connectivity index (χ4n) is 1.41. The van der Waals surface area contributed by atoms with Crippen LogP contribution in [0.15, 0.2) is 15.6 Å². The molecule has 7 heteroatoms. The van der Waals surface area contributed by atoms with Crippen LogP contribution in [0.1, 0.15) is 17.3 Å². The molecule has 0 aliphatic rings. The number of rotatable bonds is 4. The average molecular weight is 265 g/mol. The molecule has 0 aliphatic carbocycles. The van der Waals surface area contributed by atoms with Gasteiger partial charge in [0.1, 0.15) is 17.4 Å². The lowest BCUT2D eigenvalue weighted by molar-refractivity contribution is 0.478. The van der Waals surface area contributed by atoms with Crippen molar-refractivity contribution in [1.82, 2.24) is 15.0 Å². The lowest BCUT2D eigenvalue weighted by Gasteiger charge is -2.05. The third-order valence-corrected chi connectivity index (χ3v) is 2.95.